The van der Waals surface area contributed by atoms with E-state index < -0.39 is 5.97 Å². The van der Waals surface area contributed by atoms with Gasteiger partial charge in [0.1, 0.15) is 0 Å². The predicted octanol–water partition coefficient (Wildman–Crippen LogP) is 1.80. The number of hydrogen-bond donors (Lipinski definition) is 1. The maximum atomic E-state index is 10.5. The summed E-state index contributed by atoms with van der Waals surface area (Å²) in [7, 11) is 0. The Balaban J connectivity index is 0.00000121. The molecule has 0 unspecified atom stereocenters. The number of hydrogen-bond acceptors (Lipinski definition) is 1. The molecule has 0 aliphatic carbocycles. The average Bonchev–Trinajstić information content (AvgIpc) is 1.85. The molecule has 0 aliphatic rings. The molecule has 1 N–H and O–H groups in total. The second-order valence-electron chi connectivity index (χ2n) is 2.49. The van der Waals surface area contributed by atoms with Gasteiger partial charge in [-0.25, -0.2) is 0 Å². The first-order valence-corrected chi connectivity index (χ1v) is 3.34. The topological polar surface area (TPSA) is 37.3 Å². The van der Waals surface area contributed by atoms with Gasteiger partial charge >= 0.3 is 0 Å². The Morgan fingerprint density at radius 2 is 2.00 bits per heavy atom. The number of rotatable bonds is 1. The molecule has 0 bridgehead atoms. The van der Waals surface area contributed by atoms with E-state index in [0.29, 0.717) is 11.1 Å². The Kier molecular flexibility index (Phi) is 4.65. The molecule has 0 saturated carbocycles. The van der Waals surface area contributed by atoms with E-state index in [1.54, 1.807) is 19.1 Å². The van der Waals surface area contributed by atoms with Crippen LogP contribution in [0.25, 0.3) is 0 Å². The van der Waals surface area contributed by atoms with E-state index in [1.807, 2.05) is 6.92 Å². The standard InChI is InChI=1S/C9H9O2.Y/c1-6-3-4-8(9(10)11)7(2)5-6;/h3-4H,1-2H3,(H,10,11);/q-1;. The maximum absolute atomic E-state index is 10.5. The molecule has 0 atom stereocenters. The van der Waals surface area contributed by atoms with Gasteiger partial charge in [0, 0.05) is 32.7 Å². The van der Waals surface area contributed by atoms with Crippen molar-refractivity contribution >= 4 is 5.97 Å². The van der Waals surface area contributed by atoms with Gasteiger partial charge in [-0.2, -0.15) is 29.3 Å². The summed E-state index contributed by atoms with van der Waals surface area (Å²) in [6.45, 7) is 3.63. The maximum Gasteiger partial charge on any atom is 0.278 e. The zero-order valence-corrected chi connectivity index (χ0v) is 9.93. The molecule has 1 rings (SSSR count). The van der Waals surface area contributed by atoms with E-state index in [9.17, 15) is 4.79 Å². The predicted molar refractivity (Wildman–Crippen MR) is 41.7 cm³/mol. The molecule has 0 saturated heterocycles. The van der Waals surface area contributed by atoms with E-state index in [2.05, 4.69) is 6.07 Å². The van der Waals surface area contributed by atoms with Crippen LogP contribution in [0.5, 0.6) is 0 Å². The summed E-state index contributed by atoms with van der Waals surface area (Å²) in [5.41, 5.74) is 1.99. The van der Waals surface area contributed by atoms with Crippen LogP contribution in [0, 0.1) is 19.9 Å². The molecule has 61 valence electrons. The Morgan fingerprint density at radius 3 is 2.42 bits per heavy atom. The molecule has 12 heavy (non-hydrogen) atoms. The number of aryl methyl sites for hydroxylation is 2. The molecular weight excluding hydrogens is 229 g/mol. The van der Waals surface area contributed by atoms with E-state index in [4.69, 9.17) is 5.11 Å². The molecule has 0 spiro atoms. The number of benzene rings is 1. The van der Waals surface area contributed by atoms with Gasteiger partial charge in [0.25, 0.3) is 5.97 Å². The van der Waals surface area contributed by atoms with Gasteiger partial charge in [-0.1, -0.05) is 13.8 Å². The summed E-state index contributed by atoms with van der Waals surface area (Å²) in [4.78, 5) is 10.5. The summed E-state index contributed by atoms with van der Waals surface area (Å²) >= 11 is 0. The average molecular weight is 238 g/mol. The number of aromatic carboxylic acids is 1. The van der Waals surface area contributed by atoms with Crippen LogP contribution in [0.15, 0.2) is 12.1 Å². The van der Waals surface area contributed by atoms with E-state index in [0.717, 1.165) is 5.56 Å². The third-order valence-corrected chi connectivity index (χ3v) is 1.52. The fraction of sp³-hybridized carbons (Fsp3) is 0.222. The summed E-state index contributed by atoms with van der Waals surface area (Å²) in [5, 5.41) is 8.64. The van der Waals surface area contributed by atoms with Crippen LogP contribution in [0.2, 0.25) is 0 Å². The smallest absolute Gasteiger partial charge is 0.278 e. The second-order valence-corrected chi connectivity index (χ2v) is 2.49. The molecule has 0 fully saturated rings. The Hall–Kier alpha value is -0.206. The first-order chi connectivity index (χ1) is 5.11. The van der Waals surface area contributed by atoms with Crippen LogP contribution in [0.3, 0.4) is 0 Å². The van der Waals surface area contributed by atoms with Gasteiger partial charge < -0.3 is 5.11 Å². The first kappa shape index (κ1) is 11.8. The summed E-state index contributed by atoms with van der Waals surface area (Å²) in [5.74, 6) is -0.890. The fourth-order valence-electron chi connectivity index (χ4n) is 0.970. The van der Waals surface area contributed by atoms with Crippen molar-refractivity contribution in [1.29, 1.82) is 0 Å². The first-order valence-electron chi connectivity index (χ1n) is 3.34. The van der Waals surface area contributed by atoms with Gasteiger partial charge in [-0.3, -0.25) is 4.79 Å². The molecule has 0 heterocycles. The van der Waals surface area contributed by atoms with Crippen molar-refractivity contribution in [2.45, 2.75) is 13.8 Å². The van der Waals surface area contributed by atoms with Crippen LogP contribution in [-0.2, 0) is 32.7 Å². The van der Waals surface area contributed by atoms with E-state index >= 15 is 0 Å². The van der Waals surface area contributed by atoms with Crippen molar-refractivity contribution in [3.05, 3.63) is 34.9 Å². The minimum Gasteiger partial charge on any atom is -0.487 e. The molecule has 2 nitrogen and oxygen atoms in total. The Morgan fingerprint density at radius 1 is 1.42 bits per heavy atom. The molecule has 1 radical (unpaired) electrons. The second kappa shape index (κ2) is 4.73. The van der Waals surface area contributed by atoms with Crippen molar-refractivity contribution in [3.8, 4) is 0 Å². The summed E-state index contributed by atoms with van der Waals surface area (Å²) < 4.78 is 0. The summed E-state index contributed by atoms with van der Waals surface area (Å²) in [6.07, 6.45) is 0. The summed E-state index contributed by atoms with van der Waals surface area (Å²) in [6, 6.07) is 6.29. The van der Waals surface area contributed by atoms with Gasteiger partial charge in [0.15, 0.2) is 0 Å². The zero-order valence-electron chi connectivity index (χ0n) is 7.09. The molecule has 0 amide bonds. The third kappa shape index (κ3) is 2.69. The van der Waals surface area contributed by atoms with Crippen LogP contribution < -0.4 is 0 Å². The molecule has 0 aromatic heterocycles. The number of carbonyl (C=O) groups is 1. The van der Waals surface area contributed by atoms with Crippen molar-refractivity contribution in [2.24, 2.45) is 0 Å². The SMILES string of the molecule is Cc1[c-]c(C)c(C(=O)O)cc1.[Y]. The minimum absolute atomic E-state index is 0. The van der Waals surface area contributed by atoms with Crippen molar-refractivity contribution in [1.82, 2.24) is 0 Å². The van der Waals surface area contributed by atoms with Crippen molar-refractivity contribution < 1.29 is 42.6 Å². The normalized spacial score (nSPS) is 8.83. The molecular formula is C9H9O2Y-. The van der Waals surface area contributed by atoms with Crippen LogP contribution >= 0.6 is 0 Å². The van der Waals surface area contributed by atoms with Gasteiger partial charge in [-0.15, -0.1) is 0 Å². The van der Waals surface area contributed by atoms with Crippen molar-refractivity contribution in [3.63, 3.8) is 0 Å². The molecule has 1 aromatic carbocycles. The van der Waals surface area contributed by atoms with Crippen LogP contribution in [-0.4, -0.2) is 11.1 Å². The van der Waals surface area contributed by atoms with Crippen molar-refractivity contribution in [2.75, 3.05) is 0 Å². The Bertz CT molecular complexity index is 295. The fourth-order valence-corrected chi connectivity index (χ4v) is 0.970. The van der Waals surface area contributed by atoms with Gasteiger partial charge in [0.2, 0.25) is 0 Å². The largest absolute Gasteiger partial charge is 0.487 e. The van der Waals surface area contributed by atoms with E-state index in [1.165, 1.54) is 0 Å². The zero-order chi connectivity index (χ0) is 8.43. The quantitative estimate of drug-likeness (QED) is 0.757. The molecule has 3 heteroatoms. The van der Waals surface area contributed by atoms with Gasteiger partial charge in [-0.05, 0) is 5.56 Å². The third-order valence-electron chi connectivity index (χ3n) is 1.52. The molecule has 1 aromatic rings. The minimum atomic E-state index is -0.890. The number of carboxylic acids is 1. The van der Waals surface area contributed by atoms with Crippen LogP contribution in [0.1, 0.15) is 21.5 Å². The number of carboxylic acid groups (broad SMARTS) is 1. The van der Waals surface area contributed by atoms with Crippen LogP contribution in [0.4, 0.5) is 0 Å². The van der Waals surface area contributed by atoms with E-state index in [-0.39, 0.29) is 32.7 Å². The Labute approximate surface area is 96.9 Å². The monoisotopic (exact) mass is 238 g/mol. The molecule has 0 aliphatic heterocycles. The van der Waals surface area contributed by atoms with Gasteiger partial charge in [0.05, 0.1) is 0 Å².